The van der Waals surface area contributed by atoms with Gasteiger partial charge in [-0.2, -0.15) is 0 Å². The van der Waals surface area contributed by atoms with Gasteiger partial charge in [-0.1, -0.05) is 30.3 Å². The van der Waals surface area contributed by atoms with E-state index in [1.165, 1.54) is 0 Å². The Labute approximate surface area is 114 Å². The first kappa shape index (κ1) is 14.0. The maximum atomic E-state index is 11.9. The standard InChI is InChI=1S/C15H22N2O2/c16-9-8-15(19)17-10-4-7-13(17)11-14(18)12-5-2-1-3-6-12/h1-3,5-6,13-14,18H,4,7-11,16H2/t13-,14+/m1/s1. The van der Waals surface area contributed by atoms with Crippen molar-refractivity contribution in [2.75, 3.05) is 13.1 Å². The average Bonchev–Trinajstić information content (AvgIpc) is 2.88. The molecular weight excluding hydrogens is 240 g/mol. The summed E-state index contributed by atoms with van der Waals surface area (Å²) in [6.45, 7) is 1.19. The molecule has 0 radical (unpaired) electrons. The monoisotopic (exact) mass is 262 g/mol. The van der Waals surface area contributed by atoms with E-state index in [4.69, 9.17) is 5.73 Å². The molecule has 19 heavy (non-hydrogen) atoms. The highest BCUT2D eigenvalue weighted by Gasteiger charge is 2.29. The molecule has 1 aromatic carbocycles. The summed E-state index contributed by atoms with van der Waals surface area (Å²) in [7, 11) is 0. The van der Waals surface area contributed by atoms with E-state index in [0.717, 1.165) is 24.9 Å². The van der Waals surface area contributed by atoms with Crippen LogP contribution in [-0.2, 0) is 4.79 Å². The van der Waals surface area contributed by atoms with E-state index in [-0.39, 0.29) is 11.9 Å². The average molecular weight is 262 g/mol. The molecule has 1 fully saturated rings. The first-order chi connectivity index (χ1) is 9.22. The number of nitrogens with two attached hydrogens (primary N) is 1. The fourth-order valence-corrected chi connectivity index (χ4v) is 2.75. The maximum Gasteiger partial charge on any atom is 0.224 e. The molecule has 1 aliphatic heterocycles. The molecule has 2 atom stereocenters. The molecule has 0 bridgehead atoms. The summed E-state index contributed by atoms with van der Waals surface area (Å²) in [5.74, 6) is 0.116. The molecule has 1 aliphatic rings. The van der Waals surface area contributed by atoms with Gasteiger partial charge in [0.05, 0.1) is 6.10 Å². The Morgan fingerprint density at radius 3 is 2.84 bits per heavy atom. The molecule has 2 rings (SSSR count). The topological polar surface area (TPSA) is 66.6 Å². The third-order valence-electron chi connectivity index (χ3n) is 3.74. The van der Waals surface area contributed by atoms with Crippen molar-refractivity contribution in [3.63, 3.8) is 0 Å². The van der Waals surface area contributed by atoms with Crippen molar-refractivity contribution >= 4 is 5.91 Å². The lowest BCUT2D eigenvalue weighted by atomic mass is 10.0. The van der Waals surface area contributed by atoms with Crippen LogP contribution in [0, 0.1) is 0 Å². The van der Waals surface area contributed by atoms with Gasteiger partial charge >= 0.3 is 0 Å². The van der Waals surface area contributed by atoms with Gasteiger partial charge in [0.25, 0.3) is 0 Å². The van der Waals surface area contributed by atoms with E-state index >= 15 is 0 Å². The first-order valence-electron chi connectivity index (χ1n) is 6.95. The number of carbonyl (C=O) groups is 1. The van der Waals surface area contributed by atoms with E-state index in [9.17, 15) is 9.90 Å². The molecule has 0 spiro atoms. The second-order valence-corrected chi connectivity index (χ2v) is 5.08. The number of likely N-dealkylation sites (tertiary alicyclic amines) is 1. The zero-order valence-corrected chi connectivity index (χ0v) is 11.2. The highest BCUT2D eigenvalue weighted by Crippen LogP contribution is 2.27. The molecule has 3 N–H and O–H groups in total. The predicted octanol–water partition coefficient (Wildman–Crippen LogP) is 1.45. The Morgan fingerprint density at radius 2 is 2.16 bits per heavy atom. The third-order valence-corrected chi connectivity index (χ3v) is 3.74. The highest BCUT2D eigenvalue weighted by atomic mass is 16.3. The van der Waals surface area contributed by atoms with Crippen LogP contribution in [0.4, 0.5) is 0 Å². The van der Waals surface area contributed by atoms with Gasteiger partial charge < -0.3 is 15.7 Å². The van der Waals surface area contributed by atoms with Gasteiger partial charge in [0.2, 0.25) is 5.91 Å². The van der Waals surface area contributed by atoms with Gasteiger partial charge in [0.1, 0.15) is 0 Å². The lowest BCUT2D eigenvalue weighted by Gasteiger charge is -2.26. The minimum absolute atomic E-state index is 0.116. The van der Waals surface area contributed by atoms with Crippen molar-refractivity contribution in [2.24, 2.45) is 5.73 Å². The van der Waals surface area contributed by atoms with Crippen molar-refractivity contribution in [1.29, 1.82) is 0 Å². The van der Waals surface area contributed by atoms with E-state index < -0.39 is 6.10 Å². The molecule has 4 heteroatoms. The second kappa shape index (κ2) is 6.68. The number of carbonyl (C=O) groups excluding carboxylic acids is 1. The summed E-state index contributed by atoms with van der Waals surface area (Å²) in [6, 6.07) is 9.77. The fourth-order valence-electron chi connectivity index (χ4n) is 2.75. The molecule has 1 amide bonds. The summed E-state index contributed by atoms with van der Waals surface area (Å²) in [5.41, 5.74) is 6.36. The Bertz CT molecular complexity index is 408. The molecule has 0 aliphatic carbocycles. The molecule has 1 saturated heterocycles. The molecule has 1 heterocycles. The summed E-state index contributed by atoms with van der Waals surface area (Å²) in [6.07, 6.45) is 2.50. The van der Waals surface area contributed by atoms with Crippen LogP contribution in [0.5, 0.6) is 0 Å². The zero-order chi connectivity index (χ0) is 13.7. The molecule has 1 aromatic rings. The fraction of sp³-hybridized carbons (Fsp3) is 0.533. The number of rotatable bonds is 5. The van der Waals surface area contributed by atoms with Crippen molar-refractivity contribution < 1.29 is 9.90 Å². The van der Waals surface area contributed by atoms with Crippen molar-refractivity contribution in [2.45, 2.75) is 37.8 Å². The summed E-state index contributed by atoms with van der Waals surface area (Å²) in [4.78, 5) is 13.8. The maximum absolute atomic E-state index is 11.9. The lowest BCUT2D eigenvalue weighted by Crippen LogP contribution is -2.37. The normalized spacial score (nSPS) is 20.5. The number of aliphatic hydroxyl groups is 1. The first-order valence-corrected chi connectivity index (χ1v) is 6.95. The lowest BCUT2D eigenvalue weighted by molar-refractivity contribution is -0.132. The van der Waals surface area contributed by atoms with E-state index in [2.05, 4.69) is 0 Å². The predicted molar refractivity (Wildman–Crippen MR) is 74.4 cm³/mol. The van der Waals surface area contributed by atoms with Crippen LogP contribution in [0.2, 0.25) is 0 Å². The van der Waals surface area contributed by atoms with Crippen molar-refractivity contribution in [3.8, 4) is 0 Å². The smallest absolute Gasteiger partial charge is 0.224 e. The summed E-state index contributed by atoms with van der Waals surface area (Å²) < 4.78 is 0. The van der Waals surface area contributed by atoms with Gasteiger partial charge in [0.15, 0.2) is 0 Å². The Morgan fingerprint density at radius 1 is 1.42 bits per heavy atom. The van der Waals surface area contributed by atoms with E-state index in [0.29, 0.717) is 19.4 Å². The third kappa shape index (κ3) is 3.55. The van der Waals surface area contributed by atoms with Crippen LogP contribution in [0.25, 0.3) is 0 Å². The van der Waals surface area contributed by atoms with E-state index in [1.54, 1.807) is 0 Å². The van der Waals surface area contributed by atoms with Gasteiger partial charge in [-0.15, -0.1) is 0 Å². The van der Waals surface area contributed by atoms with Crippen LogP contribution in [-0.4, -0.2) is 35.0 Å². The Kier molecular flexibility index (Phi) is 4.93. The molecule has 4 nitrogen and oxygen atoms in total. The van der Waals surface area contributed by atoms with Crippen molar-refractivity contribution in [3.05, 3.63) is 35.9 Å². The number of hydrogen-bond donors (Lipinski definition) is 2. The molecule has 0 saturated carbocycles. The molecule has 0 aromatic heterocycles. The van der Waals surface area contributed by atoms with Crippen LogP contribution in [0.1, 0.15) is 37.4 Å². The quantitative estimate of drug-likeness (QED) is 0.844. The second-order valence-electron chi connectivity index (χ2n) is 5.08. The number of hydrogen-bond acceptors (Lipinski definition) is 3. The minimum Gasteiger partial charge on any atom is -0.388 e. The highest BCUT2D eigenvalue weighted by molar-refractivity contribution is 5.77. The SMILES string of the molecule is NCCC(=O)N1CCC[C@@H]1C[C@H](O)c1ccccc1. The van der Waals surface area contributed by atoms with Gasteiger partial charge in [0, 0.05) is 25.6 Å². The molecular formula is C15H22N2O2. The number of amides is 1. The zero-order valence-electron chi connectivity index (χ0n) is 11.2. The molecule has 0 unspecified atom stereocenters. The van der Waals surface area contributed by atoms with Gasteiger partial charge in [-0.05, 0) is 24.8 Å². The van der Waals surface area contributed by atoms with Crippen LogP contribution >= 0.6 is 0 Å². The molecule has 104 valence electrons. The summed E-state index contributed by atoms with van der Waals surface area (Å²) in [5, 5.41) is 10.2. The number of benzene rings is 1. The van der Waals surface area contributed by atoms with Gasteiger partial charge in [-0.25, -0.2) is 0 Å². The summed E-state index contributed by atoms with van der Waals surface area (Å²) >= 11 is 0. The van der Waals surface area contributed by atoms with Crippen LogP contribution < -0.4 is 5.73 Å². The minimum atomic E-state index is -0.502. The van der Waals surface area contributed by atoms with Crippen LogP contribution in [0.15, 0.2) is 30.3 Å². The van der Waals surface area contributed by atoms with Crippen LogP contribution in [0.3, 0.4) is 0 Å². The van der Waals surface area contributed by atoms with Crippen molar-refractivity contribution in [1.82, 2.24) is 4.90 Å². The number of nitrogens with zero attached hydrogens (tertiary/aromatic N) is 1. The largest absolute Gasteiger partial charge is 0.388 e. The Hall–Kier alpha value is -1.39. The number of aliphatic hydroxyl groups excluding tert-OH is 1. The van der Waals surface area contributed by atoms with E-state index in [1.807, 2.05) is 35.2 Å². The Balaban J connectivity index is 1.96. The van der Waals surface area contributed by atoms with Gasteiger partial charge in [-0.3, -0.25) is 4.79 Å².